The van der Waals surface area contributed by atoms with Crippen molar-refractivity contribution in [2.75, 3.05) is 20.1 Å². The van der Waals surface area contributed by atoms with Crippen LogP contribution in [0.4, 0.5) is 4.79 Å². The summed E-state index contributed by atoms with van der Waals surface area (Å²) in [4.78, 5) is 43.5. The second-order valence-corrected chi connectivity index (χ2v) is 9.70. The van der Waals surface area contributed by atoms with E-state index in [9.17, 15) is 14.4 Å². The zero-order valence-corrected chi connectivity index (χ0v) is 20.6. The largest absolute Gasteiger partial charge is 0.334 e. The van der Waals surface area contributed by atoms with Crippen molar-refractivity contribution >= 4 is 31.2 Å². The number of carbonyl (C=O) groups is 3. The molecule has 2 saturated heterocycles. The third-order valence-electron chi connectivity index (χ3n) is 6.45. The molecule has 2 fully saturated rings. The lowest BCUT2D eigenvalue weighted by Gasteiger charge is -2.54. The van der Waals surface area contributed by atoms with Crippen LogP contribution >= 0.6 is 0 Å². The van der Waals surface area contributed by atoms with Crippen LogP contribution in [0.5, 0.6) is 0 Å². The SMILES string of the molecule is [B]c1cccc(CN2C[C@H]3N(C(=O)CN(C)N3C(=O)NCc3ccccc3)[C@@H](CC(C)C)C2=O)c1. The van der Waals surface area contributed by atoms with E-state index in [1.807, 2.05) is 62.4 Å². The highest BCUT2D eigenvalue weighted by molar-refractivity contribution is 6.32. The number of urea groups is 1. The molecule has 0 saturated carbocycles. The summed E-state index contributed by atoms with van der Waals surface area (Å²) in [5, 5.41) is 6.20. The van der Waals surface area contributed by atoms with Crippen molar-refractivity contribution < 1.29 is 14.4 Å². The molecule has 2 aromatic carbocycles. The fourth-order valence-corrected chi connectivity index (χ4v) is 4.89. The molecule has 0 aliphatic carbocycles. The van der Waals surface area contributed by atoms with Gasteiger partial charge in [0, 0.05) is 20.1 Å². The molecule has 1 N–H and O–H groups in total. The molecule has 2 aliphatic rings. The molecule has 2 radical (unpaired) electrons. The third kappa shape index (κ3) is 5.51. The number of benzene rings is 2. The second kappa shape index (κ2) is 10.5. The molecule has 35 heavy (non-hydrogen) atoms. The molecule has 0 aromatic heterocycles. The monoisotopic (exact) mass is 473 g/mol. The summed E-state index contributed by atoms with van der Waals surface area (Å²) in [5.74, 6) is -0.0446. The Morgan fingerprint density at radius 1 is 1.09 bits per heavy atom. The first-order valence-electron chi connectivity index (χ1n) is 12.0. The van der Waals surface area contributed by atoms with Crippen LogP contribution < -0.4 is 10.8 Å². The van der Waals surface area contributed by atoms with E-state index in [0.717, 1.165) is 11.1 Å². The number of nitrogens with one attached hydrogen (secondary N) is 1. The van der Waals surface area contributed by atoms with Crippen LogP contribution in [0.15, 0.2) is 54.6 Å². The van der Waals surface area contributed by atoms with Gasteiger partial charge in [0.05, 0.1) is 13.1 Å². The van der Waals surface area contributed by atoms with Gasteiger partial charge in [-0.25, -0.2) is 14.8 Å². The van der Waals surface area contributed by atoms with Crippen LogP contribution in [0, 0.1) is 5.92 Å². The van der Waals surface area contributed by atoms with E-state index in [1.54, 1.807) is 32.9 Å². The Morgan fingerprint density at radius 3 is 2.49 bits per heavy atom. The van der Waals surface area contributed by atoms with Crippen molar-refractivity contribution in [2.24, 2.45) is 5.92 Å². The molecule has 4 amide bonds. The predicted octanol–water partition coefficient (Wildman–Crippen LogP) is 1.46. The molecule has 2 aliphatic heterocycles. The van der Waals surface area contributed by atoms with Crippen LogP contribution in [0.3, 0.4) is 0 Å². The molecule has 4 rings (SSSR count). The molecule has 2 heterocycles. The van der Waals surface area contributed by atoms with E-state index in [4.69, 9.17) is 7.85 Å². The number of amides is 4. The normalized spacial score (nSPS) is 20.9. The summed E-state index contributed by atoms with van der Waals surface area (Å²) in [5.41, 5.74) is 2.51. The van der Waals surface area contributed by atoms with Crippen LogP contribution in [-0.4, -0.2) is 77.9 Å². The quantitative estimate of drug-likeness (QED) is 0.645. The minimum Gasteiger partial charge on any atom is -0.333 e. The summed E-state index contributed by atoms with van der Waals surface area (Å²) >= 11 is 0. The summed E-state index contributed by atoms with van der Waals surface area (Å²) in [6, 6.07) is 16.2. The Kier molecular flexibility index (Phi) is 7.45. The van der Waals surface area contributed by atoms with Gasteiger partial charge in [-0.15, -0.1) is 0 Å². The lowest BCUT2D eigenvalue weighted by Crippen LogP contribution is -2.75. The number of hydrazine groups is 1. The summed E-state index contributed by atoms with van der Waals surface area (Å²) in [6.07, 6.45) is -0.0722. The first kappa shape index (κ1) is 24.8. The van der Waals surface area contributed by atoms with E-state index in [2.05, 4.69) is 5.32 Å². The molecule has 0 unspecified atom stereocenters. The molecular weight excluding hydrogens is 441 g/mol. The van der Waals surface area contributed by atoms with Gasteiger partial charge in [-0.1, -0.05) is 73.9 Å². The van der Waals surface area contributed by atoms with Gasteiger partial charge in [-0.05, 0) is 23.5 Å². The Morgan fingerprint density at radius 2 is 1.80 bits per heavy atom. The van der Waals surface area contributed by atoms with E-state index in [0.29, 0.717) is 25.0 Å². The minimum atomic E-state index is -0.625. The van der Waals surface area contributed by atoms with Gasteiger partial charge in [-0.3, -0.25) is 9.59 Å². The maximum Gasteiger partial charge on any atom is 0.334 e. The maximum atomic E-state index is 13.6. The predicted molar refractivity (Wildman–Crippen MR) is 134 cm³/mol. The van der Waals surface area contributed by atoms with Crippen molar-refractivity contribution in [1.82, 2.24) is 25.1 Å². The van der Waals surface area contributed by atoms with Gasteiger partial charge in [-0.2, -0.15) is 0 Å². The van der Waals surface area contributed by atoms with Crippen LogP contribution in [0.25, 0.3) is 0 Å². The number of piperazine rings is 1. The van der Waals surface area contributed by atoms with Gasteiger partial charge in [0.25, 0.3) is 0 Å². The molecule has 2 atom stereocenters. The zero-order valence-electron chi connectivity index (χ0n) is 20.6. The minimum absolute atomic E-state index is 0.0341. The number of hydrogen-bond donors (Lipinski definition) is 1. The van der Waals surface area contributed by atoms with Gasteiger partial charge in [0.2, 0.25) is 11.8 Å². The maximum absolute atomic E-state index is 13.6. The van der Waals surface area contributed by atoms with Crippen molar-refractivity contribution in [3.8, 4) is 0 Å². The molecule has 9 heteroatoms. The van der Waals surface area contributed by atoms with E-state index >= 15 is 0 Å². The average molecular weight is 473 g/mol. The van der Waals surface area contributed by atoms with Crippen molar-refractivity contribution in [3.05, 3.63) is 65.7 Å². The van der Waals surface area contributed by atoms with E-state index in [-0.39, 0.29) is 36.9 Å². The second-order valence-electron chi connectivity index (χ2n) is 9.70. The lowest BCUT2D eigenvalue weighted by atomic mass is 9.93. The summed E-state index contributed by atoms with van der Waals surface area (Å²) in [7, 11) is 7.68. The van der Waals surface area contributed by atoms with Crippen LogP contribution in [-0.2, 0) is 22.7 Å². The standard InChI is InChI=1S/C26H32BN5O3/c1-18(2)12-22-25(34)30(15-20-10-7-11-21(27)13-20)16-23-31(22)24(33)17-29(3)32(23)26(35)28-14-19-8-5-4-6-9-19/h4-11,13,18,22-23H,12,14-17H2,1-3H3,(H,28,35)/t22-,23-/m0/s1. The van der Waals surface area contributed by atoms with E-state index in [1.165, 1.54) is 0 Å². The number of likely N-dealkylation sites (N-methyl/N-ethyl adjacent to an activating group) is 1. The first-order chi connectivity index (χ1) is 16.7. The van der Waals surface area contributed by atoms with Gasteiger partial charge in [0.1, 0.15) is 20.1 Å². The third-order valence-corrected chi connectivity index (χ3v) is 6.45. The fourth-order valence-electron chi connectivity index (χ4n) is 4.89. The Hall–Kier alpha value is -3.33. The number of carbonyl (C=O) groups excluding carboxylic acids is 3. The summed E-state index contributed by atoms with van der Waals surface area (Å²) < 4.78 is 0. The highest BCUT2D eigenvalue weighted by Crippen LogP contribution is 2.29. The van der Waals surface area contributed by atoms with E-state index < -0.39 is 12.2 Å². The van der Waals surface area contributed by atoms with Gasteiger partial charge >= 0.3 is 6.03 Å². The number of fused-ring (bicyclic) bond motifs is 1. The highest BCUT2D eigenvalue weighted by Gasteiger charge is 2.50. The lowest BCUT2D eigenvalue weighted by molar-refractivity contribution is -0.188. The molecule has 8 nitrogen and oxygen atoms in total. The van der Waals surface area contributed by atoms with Crippen molar-refractivity contribution in [2.45, 2.75) is 45.6 Å². The zero-order chi connectivity index (χ0) is 25.1. The van der Waals surface area contributed by atoms with Gasteiger partial charge in [0.15, 0.2) is 0 Å². The molecule has 0 bridgehead atoms. The summed E-state index contributed by atoms with van der Waals surface area (Å²) in [6.45, 7) is 5.05. The number of hydrogen-bond acceptors (Lipinski definition) is 4. The topological polar surface area (TPSA) is 76.2 Å². The number of rotatable bonds is 6. The highest BCUT2D eigenvalue weighted by atomic mass is 16.2. The Bertz CT molecular complexity index is 1080. The molecule has 2 aromatic rings. The smallest absolute Gasteiger partial charge is 0.333 e. The molecular formula is C26H32BN5O3. The number of nitrogens with zero attached hydrogens (tertiary/aromatic N) is 4. The Balaban J connectivity index is 1.61. The van der Waals surface area contributed by atoms with Gasteiger partial charge < -0.3 is 15.1 Å². The average Bonchev–Trinajstić information content (AvgIpc) is 2.80. The van der Waals surface area contributed by atoms with Crippen molar-refractivity contribution in [3.63, 3.8) is 0 Å². The first-order valence-corrected chi connectivity index (χ1v) is 12.0. The molecule has 0 spiro atoms. The van der Waals surface area contributed by atoms with Crippen LogP contribution in [0.1, 0.15) is 31.4 Å². The van der Waals surface area contributed by atoms with Crippen LogP contribution in [0.2, 0.25) is 0 Å². The molecule has 182 valence electrons. The fraction of sp³-hybridized carbons (Fsp3) is 0.423. The Labute approximate surface area is 208 Å². The van der Waals surface area contributed by atoms with Crippen molar-refractivity contribution in [1.29, 1.82) is 0 Å².